The minimum absolute atomic E-state index is 0.189. The van der Waals surface area contributed by atoms with E-state index in [0.717, 1.165) is 32.5 Å². The second kappa shape index (κ2) is 6.20. The highest BCUT2D eigenvalue weighted by Crippen LogP contribution is 2.28. The maximum Gasteiger partial charge on any atom is 0.0412 e. The molecule has 0 amide bonds. The van der Waals surface area contributed by atoms with Crippen molar-refractivity contribution < 1.29 is 0 Å². The molecule has 0 bridgehead atoms. The van der Waals surface area contributed by atoms with Gasteiger partial charge >= 0.3 is 0 Å². The summed E-state index contributed by atoms with van der Waals surface area (Å²) in [6.07, 6.45) is 2.28. The van der Waals surface area contributed by atoms with Crippen molar-refractivity contribution >= 4 is 17.0 Å². The molecule has 2 nitrogen and oxygen atoms in total. The number of para-hydroxylation sites is 1. The molecule has 0 fully saturated rings. The van der Waals surface area contributed by atoms with Gasteiger partial charge in [0.15, 0.2) is 0 Å². The van der Waals surface area contributed by atoms with Gasteiger partial charge in [0.25, 0.3) is 0 Å². The molecule has 1 atom stereocenters. The van der Waals surface area contributed by atoms with Crippen molar-refractivity contribution in [1.29, 1.82) is 0 Å². The normalized spacial score (nSPS) is 21.9. The molecule has 0 radical (unpaired) electrons. The van der Waals surface area contributed by atoms with Crippen molar-refractivity contribution in [3.63, 3.8) is 0 Å². The molecular weight excluding hydrogens is 276 g/mol. The summed E-state index contributed by atoms with van der Waals surface area (Å²) in [7, 11) is 0. The average Bonchev–Trinajstić information content (AvgIpc) is 2.98. The van der Waals surface area contributed by atoms with Gasteiger partial charge in [0.1, 0.15) is 0 Å². The maximum absolute atomic E-state index is 3.75. The Hall–Kier alpha value is -1.32. The molecule has 0 aliphatic carbocycles. The van der Waals surface area contributed by atoms with Crippen molar-refractivity contribution in [2.75, 3.05) is 18.0 Å². The van der Waals surface area contributed by atoms with Gasteiger partial charge in [-0.1, -0.05) is 31.2 Å². The van der Waals surface area contributed by atoms with Gasteiger partial charge in [-0.25, -0.2) is 0 Å². The van der Waals surface area contributed by atoms with Gasteiger partial charge in [0.2, 0.25) is 0 Å². The van der Waals surface area contributed by atoms with Gasteiger partial charge in [-0.05, 0) is 42.8 Å². The molecule has 0 spiro atoms. The fraction of sp³-hybridized carbons (Fsp3) is 0.444. The Morgan fingerprint density at radius 3 is 2.86 bits per heavy atom. The molecule has 1 N–H and O–H groups in total. The number of hydrogen-bond donors (Lipinski definition) is 1. The third-order valence-corrected chi connectivity index (χ3v) is 5.50. The van der Waals surface area contributed by atoms with Crippen LogP contribution in [-0.2, 0) is 13.0 Å². The molecule has 1 aromatic heterocycles. The van der Waals surface area contributed by atoms with Gasteiger partial charge in [0.05, 0.1) is 0 Å². The van der Waals surface area contributed by atoms with E-state index in [9.17, 15) is 0 Å². The maximum atomic E-state index is 3.75. The molecule has 1 aliphatic rings. The van der Waals surface area contributed by atoms with Crippen LogP contribution in [0, 0.1) is 0 Å². The summed E-state index contributed by atoms with van der Waals surface area (Å²) in [5, 5.41) is 5.92. The molecule has 21 heavy (non-hydrogen) atoms. The van der Waals surface area contributed by atoms with E-state index in [2.05, 4.69) is 65.8 Å². The Balaban J connectivity index is 1.83. The Kier molecular flexibility index (Phi) is 4.32. The molecule has 3 heteroatoms. The van der Waals surface area contributed by atoms with E-state index in [4.69, 9.17) is 0 Å². The van der Waals surface area contributed by atoms with E-state index in [-0.39, 0.29) is 5.54 Å². The zero-order chi connectivity index (χ0) is 14.7. The molecule has 112 valence electrons. The molecule has 1 unspecified atom stereocenters. The van der Waals surface area contributed by atoms with E-state index in [1.165, 1.54) is 16.1 Å². The van der Waals surface area contributed by atoms with E-state index >= 15 is 0 Å². The lowest BCUT2D eigenvalue weighted by molar-refractivity contribution is 0.349. The van der Waals surface area contributed by atoms with Gasteiger partial charge in [-0.15, -0.1) is 11.3 Å². The van der Waals surface area contributed by atoms with Gasteiger partial charge in [-0.2, -0.15) is 0 Å². The zero-order valence-electron chi connectivity index (χ0n) is 12.9. The smallest absolute Gasteiger partial charge is 0.0412 e. The minimum Gasteiger partial charge on any atom is -0.369 e. The number of nitrogens with zero attached hydrogens (tertiary/aromatic N) is 1. The summed E-state index contributed by atoms with van der Waals surface area (Å²) < 4.78 is 0. The molecule has 0 saturated heterocycles. The van der Waals surface area contributed by atoms with Gasteiger partial charge in [-0.3, -0.25) is 0 Å². The first kappa shape index (κ1) is 14.6. The standard InChI is InChI=1S/C18H24N2S/c1-3-18(2)14-20(11-10-16-8-6-12-21-16)17-9-5-4-7-15(17)13-19-18/h4-9,12,19H,3,10-11,13-14H2,1-2H3. The number of fused-ring (bicyclic) bond motifs is 1. The lowest BCUT2D eigenvalue weighted by Gasteiger charge is -2.34. The first-order valence-electron chi connectivity index (χ1n) is 7.80. The highest BCUT2D eigenvalue weighted by molar-refractivity contribution is 7.09. The Labute approximate surface area is 131 Å². The Morgan fingerprint density at radius 1 is 1.24 bits per heavy atom. The van der Waals surface area contributed by atoms with Crippen LogP contribution in [0.1, 0.15) is 30.7 Å². The first-order valence-corrected chi connectivity index (χ1v) is 8.68. The summed E-state index contributed by atoms with van der Waals surface area (Å²) in [6, 6.07) is 13.2. The van der Waals surface area contributed by atoms with Crippen LogP contribution in [0.3, 0.4) is 0 Å². The topological polar surface area (TPSA) is 15.3 Å². The molecule has 2 aromatic rings. The van der Waals surface area contributed by atoms with E-state index in [1.807, 2.05) is 11.3 Å². The van der Waals surface area contributed by atoms with E-state index in [0.29, 0.717) is 0 Å². The minimum atomic E-state index is 0.189. The van der Waals surface area contributed by atoms with Crippen LogP contribution >= 0.6 is 11.3 Å². The fourth-order valence-corrected chi connectivity index (χ4v) is 3.67. The number of hydrogen-bond acceptors (Lipinski definition) is 3. The van der Waals surface area contributed by atoms with E-state index in [1.54, 1.807) is 0 Å². The van der Waals surface area contributed by atoms with Crippen LogP contribution in [0.25, 0.3) is 0 Å². The molecule has 0 saturated carbocycles. The summed E-state index contributed by atoms with van der Waals surface area (Å²) in [5.74, 6) is 0. The second-order valence-electron chi connectivity index (χ2n) is 6.15. The molecule has 3 rings (SSSR count). The molecule has 1 aliphatic heterocycles. The van der Waals surface area contributed by atoms with Gasteiger partial charge in [0, 0.05) is 35.7 Å². The zero-order valence-corrected chi connectivity index (χ0v) is 13.7. The van der Waals surface area contributed by atoms with Crippen LogP contribution in [0.2, 0.25) is 0 Å². The highest BCUT2D eigenvalue weighted by atomic mass is 32.1. The third-order valence-electron chi connectivity index (χ3n) is 4.57. The van der Waals surface area contributed by atoms with Crippen LogP contribution in [0.15, 0.2) is 41.8 Å². The third kappa shape index (κ3) is 3.30. The van der Waals surface area contributed by atoms with Crippen LogP contribution in [0.4, 0.5) is 5.69 Å². The van der Waals surface area contributed by atoms with Crippen molar-refractivity contribution in [2.24, 2.45) is 0 Å². The van der Waals surface area contributed by atoms with Crippen LogP contribution in [-0.4, -0.2) is 18.6 Å². The van der Waals surface area contributed by atoms with Gasteiger partial charge < -0.3 is 10.2 Å². The van der Waals surface area contributed by atoms with Crippen molar-refractivity contribution in [1.82, 2.24) is 5.32 Å². The highest BCUT2D eigenvalue weighted by Gasteiger charge is 2.29. The Bertz CT molecular complexity index is 579. The lowest BCUT2D eigenvalue weighted by Crippen LogP contribution is -2.49. The van der Waals surface area contributed by atoms with Crippen molar-refractivity contribution in [3.8, 4) is 0 Å². The Morgan fingerprint density at radius 2 is 2.10 bits per heavy atom. The lowest BCUT2D eigenvalue weighted by atomic mass is 9.98. The summed E-state index contributed by atoms with van der Waals surface area (Å²) in [4.78, 5) is 4.04. The summed E-state index contributed by atoms with van der Waals surface area (Å²) >= 11 is 1.86. The number of thiophene rings is 1. The fourth-order valence-electron chi connectivity index (χ4n) is 2.98. The molecule has 2 heterocycles. The molecule has 1 aromatic carbocycles. The quantitative estimate of drug-likeness (QED) is 0.915. The predicted octanol–water partition coefficient (Wildman–Crippen LogP) is 4.07. The summed E-state index contributed by atoms with van der Waals surface area (Å²) in [6.45, 7) is 7.76. The average molecular weight is 300 g/mol. The van der Waals surface area contributed by atoms with Crippen molar-refractivity contribution in [3.05, 3.63) is 52.2 Å². The molecular formula is C18H24N2S. The number of rotatable bonds is 4. The number of benzene rings is 1. The number of nitrogens with one attached hydrogen (secondary N) is 1. The first-order chi connectivity index (χ1) is 10.2. The van der Waals surface area contributed by atoms with Crippen LogP contribution < -0.4 is 10.2 Å². The van der Waals surface area contributed by atoms with Crippen molar-refractivity contribution in [2.45, 2.75) is 38.8 Å². The van der Waals surface area contributed by atoms with Crippen LogP contribution in [0.5, 0.6) is 0 Å². The SMILES string of the molecule is CCC1(C)CN(CCc2cccs2)c2ccccc2CN1. The monoisotopic (exact) mass is 300 g/mol. The number of anilines is 1. The summed E-state index contributed by atoms with van der Waals surface area (Å²) in [5.41, 5.74) is 3.01. The predicted molar refractivity (Wildman–Crippen MR) is 92.2 cm³/mol. The largest absolute Gasteiger partial charge is 0.369 e. The second-order valence-corrected chi connectivity index (χ2v) is 7.18. The van der Waals surface area contributed by atoms with E-state index < -0.39 is 0 Å².